The van der Waals surface area contributed by atoms with Crippen molar-refractivity contribution in [3.05, 3.63) is 29.8 Å². The van der Waals surface area contributed by atoms with E-state index in [0.29, 0.717) is 17.3 Å². The van der Waals surface area contributed by atoms with Crippen molar-refractivity contribution in [2.75, 3.05) is 16.9 Å². The van der Waals surface area contributed by atoms with Gasteiger partial charge in [-0.05, 0) is 30.5 Å². The fraction of sp³-hybridized carbons (Fsp3) is 0.471. The number of carbonyl (C=O) groups is 3. The zero-order valence-corrected chi connectivity index (χ0v) is 14.2. The van der Waals surface area contributed by atoms with Crippen molar-refractivity contribution < 1.29 is 14.4 Å². The molecule has 1 aliphatic heterocycles. The molecule has 1 heterocycles. The molecule has 3 N–H and O–H groups in total. The number of hydrogen-bond acceptors (Lipinski definition) is 4. The standard InChI is InChI=1S/C17H21N3O3S/c18-15(21)8-11-4-6-13(7-5-11)19-16(22)14-9-24-10-20(14)17(23)12-2-1-3-12/h4-7,12,14H,1-3,8-10H2,(H2,18,21)(H,19,22). The van der Waals surface area contributed by atoms with Crippen LogP contribution in [0.4, 0.5) is 5.69 Å². The second-order valence-electron chi connectivity index (χ2n) is 6.28. The summed E-state index contributed by atoms with van der Waals surface area (Å²) >= 11 is 1.61. The summed E-state index contributed by atoms with van der Waals surface area (Å²) in [6.07, 6.45) is 3.16. The molecule has 128 valence electrons. The van der Waals surface area contributed by atoms with Gasteiger partial charge in [-0.25, -0.2) is 0 Å². The molecule has 1 aromatic carbocycles. The quantitative estimate of drug-likeness (QED) is 0.841. The van der Waals surface area contributed by atoms with E-state index in [4.69, 9.17) is 5.73 Å². The van der Waals surface area contributed by atoms with Crippen LogP contribution in [0.2, 0.25) is 0 Å². The average molecular weight is 347 g/mol. The third-order valence-corrected chi connectivity index (χ3v) is 5.53. The third kappa shape index (κ3) is 3.72. The van der Waals surface area contributed by atoms with Crippen LogP contribution in [0.25, 0.3) is 0 Å². The van der Waals surface area contributed by atoms with Gasteiger partial charge in [0.1, 0.15) is 6.04 Å². The maximum Gasteiger partial charge on any atom is 0.248 e. The molecule has 0 bridgehead atoms. The molecule has 1 saturated heterocycles. The number of anilines is 1. The van der Waals surface area contributed by atoms with Gasteiger partial charge in [0.05, 0.1) is 12.3 Å². The number of hydrogen-bond donors (Lipinski definition) is 2. The van der Waals surface area contributed by atoms with Gasteiger partial charge in [-0.2, -0.15) is 0 Å². The normalized spacial score (nSPS) is 20.5. The van der Waals surface area contributed by atoms with E-state index in [1.165, 1.54) is 0 Å². The molecule has 3 amide bonds. The fourth-order valence-corrected chi connectivity index (χ4v) is 4.06. The molecule has 2 aliphatic rings. The number of rotatable bonds is 5. The van der Waals surface area contributed by atoms with E-state index in [2.05, 4.69) is 5.32 Å². The first kappa shape index (κ1) is 16.8. The molecule has 1 aliphatic carbocycles. The molecule has 0 spiro atoms. The van der Waals surface area contributed by atoms with Gasteiger partial charge in [-0.15, -0.1) is 11.8 Å². The van der Waals surface area contributed by atoms with Crippen molar-refractivity contribution in [2.45, 2.75) is 31.7 Å². The van der Waals surface area contributed by atoms with Gasteiger partial charge in [0.25, 0.3) is 0 Å². The van der Waals surface area contributed by atoms with Crippen LogP contribution in [-0.4, -0.2) is 40.3 Å². The number of nitrogens with two attached hydrogens (primary N) is 1. The molecule has 3 rings (SSSR count). The molecular formula is C17H21N3O3S. The van der Waals surface area contributed by atoms with Gasteiger partial charge in [-0.3, -0.25) is 14.4 Å². The minimum absolute atomic E-state index is 0.104. The Bertz CT molecular complexity index is 643. The van der Waals surface area contributed by atoms with Crippen LogP contribution < -0.4 is 11.1 Å². The molecule has 1 aromatic rings. The van der Waals surface area contributed by atoms with Crippen LogP contribution in [0, 0.1) is 5.92 Å². The Balaban J connectivity index is 1.61. The van der Waals surface area contributed by atoms with Gasteiger partial charge in [0.15, 0.2) is 0 Å². The van der Waals surface area contributed by atoms with Crippen molar-refractivity contribution in [1.82, 2.24) is 4.90 Å². The van der Waals surface area contributed by atoms with Crippen molar-refractivity contribution in [1.29, 1.82) is 0 Å². The Kier molecular flexibility index (Phi) is 5.08. The Labute approximate surface area is 145 Å². The van der Waals surface area contributed by atoms with E-state index in [9.17, 15) is 14.4 Å². The van der Waals surface area contributed by atoms with Crippen molar-refractivity contribution in [2.24, 2.45) is 11.7 Å². The van der Waals surface area contributed by atoms with Crippen LogP contribution in [0.3, 0.4) is 0 Å². The Morgan fingerprint density at radius 2 is 1.92 bits per heavy atom. The highest BCUT2D eigenvalue weighted by Gasteiger charge is 2.39. The molecule has 1 unspecified atom stereocenters. The average Bonchev–Trinajstić information content (AvgIpc) is 2.96. The summed E-state index contributed by atoms with van der Waals surface area (Å²) in [4.78, 5) is 37.6. The maximum atomic E-state index is 12.5. The number of nitrogens with one attached hydrogen (secondary N) is 1. The highest BCUT2D eigenvalue weighted by atomic mass is 32.2. The van der Waals surface area contributed by atoms with Crippen LogP contribution in [0.1, 0.15) is 24.8 Å². The number of nitrogens with zero attached hydrogens (tertiary/aromatic N) is 1. The number of thioether (sulfide) groups is 1. The summed E-state index contributed by atoms with van der Waals surface area (Å²) in [7, 11) is 0. The van der Waals surface area contributed by atoms with E-state index < -0.39 is 6.04 Å². The predicted molar refractivity (Wildman–Crippen MR) is 93.3 cm³/mol. The zero-order valence-electron chi connectivity index (χ0n) is 13.4. The van der Waals surface area contributed by atoms with E-state index >= 15 is 0 Å². The summed E-state index contributed by atoms with van der Waals surface area (Å²) < 4.78 is 0. The first-order valence-electron chi connectivity index (χ1n) is 8.11. The van der Waals surface area contributed by atoms with Gasteiger partial charge in [0.2, 0.25) is 17.7 Å². The molecule has 2 fully saturated rings. The first-order valence-corrected chi connectivity index (χ1v) is 9.26. The van der Waals surface area contributed by atoms with Crippen molar-refractivity contribution in [3.63, 3.8) is 0 Å². The largest absolute Gasteiger partial charge is 0.369 e. The zero-order chi connectivity index (χ0) is 17.1. The number of amides is 3. The number of benzene rings is 1. The second-order valence-corrected chi connectivity index (χ2v) is 7.28. The lowest BCUT2D eigenvalue weighted by molar-refractivity contribution is -0.141. The van der Waals surface area contributed by atoms with Crippen LogP contribution in [-0.2, 0) is 20.8 Å². The monoisotopic (exact) mass is 347 g/mol. The van der Waals surface area contributed by atoms with E-state index in [-0.39, 0.29) is 30.1 Å². The number of carbonyl (C=O) groups excluding carboxylic acids is 3. The Hall–Kier alpha value is -2.02. The first-order chi connectivity index (χ1) is 11.5. The fourth-order valence-electron chi connectivity index (χ4n) is 2.90. The Morgan fingerprint density at radius 1 is 1.21 bits per heavy atom. The van der Waals surface area contributed by atoms with Gasteiger partial charge < -0.3 is 16.0 Å². The maximum absolute atomic E-state index is 12.5. The molecule has 0 aromatic heterocycles. The van der Waals surface area contributed by atoms with Gasteiger partial charge in [0, 0.05) is 17.4 Å². The lowest BCUT2D eigenvalue weighted by atomic mass is 9.84. The van der Waals surface area contributed by atoms with Crippen LogP contribution >= 0.6 is 11.8 Å². The van der Waals surface area contributed by atoms with Crippen LogP contribution in [0.5, 0.6) is 0 Å². The van der Waals surface area contributed by atoms with E-state index in [1.807, 2.05) is 0 Å². The lowest BCUT2D eigenvalue weighted by Gasteiger charge is -2.31. The van der Waals surface area contributed by atoms with E-state index in [1.54, 1.807) is 40.9 Å². The highest BCUT2D eigenvalue weighted by molar-refractivity contribution is 7.99. The summed E-state index contributed by atoms with van der Waals surface area (Å²) in [5.41, 5.74) is 6.62. The molecule has 1 saturated carbocycles. The smallest absolute Gasteiger partial charge is 0.248 e. The lowest BCUT2D eigenvalue weighted by Crippen LogP contribution is -2.47. The second kappa shape index (κ2) is 7.25. The van der Waals surface area contributed by atoms with Gasteiger partial charge in [-0.1, -0.05) is 18.6 Å². The minimum Gasteiger partial charge on any atom is -0.369 e. The van der Waals surface area contributed by atoms with Crippen molar-refractivity contribution in [3.8, 4) is 0 Å². The summed E-state index contributed by atoms with van der Waals surface area (Å²) in [5, 5.41) is 2.86. The van der Waals surface area contributed by atoms with E-state index in [0.717, 1.165) is 24.8 Å². The topological polar surface area (TPSA) is 92.5 Å². The molecule has 7 heteroatoms. The molecule has 6 nitrogen and oxygen atoms in total. The molecule has 1 atom stereocenters. The molecule has 0 radical (unpaired) electrons. The summed E-state index contributed by atoms with van der Waals surface area (Å²) in [5.74, 6) is 0.889. The number of primary amides is 1. The highest BCUT2D eigenvalue weighted by Crippen LogP contribution is 2.32. The molecule has 24 heavy (non-hydrogen) atoms. The third-order valence-electron chi connectivity index (χ3n) is 4.52. The van der Waals surface area contributed by atoms with Crippen LogP contribution in [0.15, 0.2) is 24.3 Å². The van der Waals surface area contributed by atoms with Crippen molar-refractivity contribution >= 4 is 35.2 Å². The minimum atomic E-state index is -0.409. The Morgan fingerprint density at radius 3 is 2.50 bits per heavy atom. The predicted octanol–water partition coefficient (Wildman–Crippen LogP) is 1.35. The SMILES string of the molecule is NC(=O)Cc1ccc(NC(=O)C2CSCN2C(=O)C2CCC2)cc1. The summed E-state index contributed by atoms with van der Waals surface area (Å²) in [6.45, 7) is 0. The van der Waals surface area contributed by atoms with Gasteiger partial charge >= 0.3 is 0 Å². The summed E-state index contributed by atoms with van der Waals surface area (Å²) in [6, 6.07) is 6.61. The molecular weight excluding hydrogens is 326 g/mol.